The lowest BCUT2D eigenvalue weighted by atomic mass is 10.1. The fourth-order valence-electron chi connectivity index (χ4n) is 1.44. The van der Waals surface area contributed by atoms with Gasteiger partial charge in [-0.1, -0.05) is 57.3 Å². The molecular weight excluding hydrogens is 184 g/mol. The molecule has 0 aliphatic carbocycles. The lowest BCUT2D eigenvalue weighted by molar-refractivity contribution is -0.114. The van der Waals surface area contributed by atoms with E-state index < -0.39 is 0 Å². The molecule has 0 aromatic rings. The molecule has 0 heterocycles. The molecule has 0 unspecified atom stereocenters. The van der Waals surface area contributed by atoms with Crippen molar-refractivity contribution in [2.75, 3.05) is 0 Å². The zero-order valence-corrected chi connectivity index (χ0v) is 10.2. The highest BCUT2D eigenvalue weighted by molar-refractivity contribution is 5.89. The first-order valence-corrected chi connectivity index (χ1v) is 6.13. The van der Waals surface area contributed by atoms with Gasteiger partial charge in [-0.15, -0.1) is 0 Å². The summed E-state index contributed by atoms with van der Waals surface area (Å²) in [5, 5.41) is 0. The Morgan fingerprint density at radius 3 is 2.33 bits per heavy atom. The normalized spacial score (nSPS) is 11.6. The minimum absolute atomic E-state index is 0.253. The summed E-state index contributed by atoms with van der Waals surface area (Å²) in [7, 11) is 0. The van der Waals surface area contributed by atoms with Crippen molar-refractivity contribution in [1.82, 2.24) is 0 Å². The van der Waals surface area contributed by atoms with Gasteiger partial charge in [0.15, 0.2) is 5.78 Å². The van der Waals surface area contributed by atoms with Crippen LogP contribution >= 0.6 is 0 Å². The van der Waals surface area contributed by atoms with Crippen molar-refractivity contribution in [3.05, 3.63) is 24.3 Å². The van der Waals surface area contributed by atoms with Gasteiger partial charge in [-0.05, 0) is 19.4 Å². The van der Waals surface area contributed by atoms with Gasteiger partial charge < -0.3 is 0 Å². The molecule has 0 spiro atoms. The highest BCUT2D eigenvalue weighted by Crippen LogP contribution is 2.07. The van der Waals surface area contributed by atoms with Crippen LogP contribution in [-0.4, -0.2) is 5.78 Å². The molecule has 0 saturated carbocycles. The smallest absolute Gasteiger partial charge is 0.155 e. The number of carbonyl (C=O) groups excluding carboxylic acids is 1. The van der Waals surface area contributed by atoms with Crippen LogP contribution in [0.1, 0.15) is 58.8 Å². The molecule has 15 heavy (non-hydrogen) atoms. The monoisotopic (exact) mass is 208 g/mol. The molecule has 0 aromatic carbocycles. The van der Waals surface area contributed by atoms with Crippen molar-refractivity contribution in [3.8, 4) is 0 Å². The summed E-state index contributed by atoms with van der Waals surface area (Å²) >= 11 is 0. The van der Waals surface area contributed by atoms with E-state index in [2.05, 4.69) is 6.92 Å². The molecule has 0 radical (unpaired) electrons. The van der Waals surface area contributed by atoms with Gasteiger partial charge in [0, 0.05) is 6.42 Å². The Bertz CT molecular complexity index is 201. The molecule has 0 fully saturated rings. The number of ketones is 1. The van der Waals surface area contributed by atoms with Gasteiger partial charge in [0.05, 0.1) is 0 Å². The van der Waals surface area contributed by atoms with E-state index in [-0.39, 0.29) is 5.78 Å². The van der Waals surface area contributed by atoms with Gasteiger partial charge in [0.1, 0.15) is 0 Å². The van der Waals surface area contributed by atoms with Gasteiger partial charge >= 0.3 is 0 Å². The summed E-state index contributed by atoms with van der Waals surface area (Å²) in [4.78, 5) is 11.3. The van der Waals surface area contributed by atoms with E-state index in [0.29, 0.717) is 6.42 Å². The maximum Gasteiger partial charge on any atom is 0.155 e. The summed E-state index contributed by atoms with van der Waals surface area (Å²) in [6.45, 7) is 4.16. The number of unbranched alkanes of at least 4 members (excludes halogenated alkanes) is 5. The fraction of sp³-hybridized carbons (Fsp3) is 0.643. The molecule has 0 aromatic heterocycles. The van der Waals surface area contributed by atoms with Gasteiger partial charge in [0.25, 0.3) is 0 Å². The Morgan fingerprint density at radius 2 is 1.67 bits per heavy atom. The van der Waals surface area contributed by atoms with Crippen LogP contribution in [-0.2, 0) is 4.79 Å². The van der Waals surface area contributed by atoms with E-state index in [1.807, 2.05) is 25.2 Å². The molecule has 0 aliphatic heterocycles. The van der Waals surface area contributed by atoms with E-state index >= 15 is 0 Å². The third-order valence-electron chi connectivity index (χ3n) is 2.36. The highest BCUT2D eigenvalue weighted by Gasteiger charge is 1.95. The molecule has 0 atom stereocenters. The van der Waals surface area contributed by atoms with E-state index in [4.69, 9.17) is 0 Å². The molecule has 0 N–H and O–H groups in total. The first-order valence-electron chi connectivity index (χ1n) is 6.13. The standard InChI is InChI=1S/C14H24O/c1-3-5-7-8-9-11-13-14(15)12-10-6-4-2/h4,6,10,12H,3,5,7-9,11,13H2,1-2H3/b6-4+,12-10+. The van der Waals surface area contributed by atoms with Crippen LogP contribution in [0.25, 0.3) is 0 Å². The van der Waals surface area contributed by atoms with Crippen LogP contribution in [0.3, 0.4) is 0 Å². The Morgan fingerprint density at radius 1 is 1.00 bits per heavy atom. The molecule has 1 nitrogen and oxygen atoms in total. The summed E-state index contributed by atoms with van der Waals surface area (Å²) in [5.74, 6) is 0.253. The van der Waals surface area contributed by atoms with Crippen LogP contribution in [0.4, 0.5) is 0 Å². The molecule has 0 aliphatic rings. The van der Waals surface area contributed by atoms with Crippen LogP contribution in [0, 0.1) is 0 Å². The van der Waals surface area contributed by atoms with Gasteiger partial charge in [-0.3, -0.25) is 4.79 Å². The molecule has 0 saturated heterocycles. The van der Waals surface area contributed by atoms with E-state index in [0.717, 1.165) is 6.42 Å². The fourth-order valence-corrected chi connectivity index (χ4v) is 1.44. The molecule has 0 bridgehead atoms. The van der Waals surface area contributed by atoms with Crippen molar-refractivity contribution in [2.45, 2.75) is 58.8 Å². The van der Waals surface area contributed by atoms with Gasteiger partial charge in [0.2, 0.25) is 0 Å². The van der Waals surface area contributed by atoms with E-state index in [1.165, 1.54) is 32.1 Å². The number of carbonyl (C=O) groups is 1. The maximum absolute atomic E-state index is 11.3. The maximum atomic E-state index is 11.3. The van der Waals surface area contributed by atoms with E-state index in [9.17, 15) is 4.79 Å². The molecule has 0 rings (SSSR count). The topological polar surface area (TPSA) is 17.1 Å². The van der Waals surface area contributed by atoms with Crippen LogP contribution < -0.4 is 0 Å². The van der Waals surface area contributed by atoms with Gasteiger partial charge in [-0.2, -0.15) is 0 Å². The predicted octanol–water partition coefficient (Wildman–Crippen LogP) is 4.44. The minimum atomic E-state index is 0.253. The van der Waals surface area contributed by atoms with Crippen LogP contribution in [0.15, 0.2) is 24.3 Å². The zero-order valence-electron chi connectivity index (χ0n) is 10.2. The predicted molar refractivity (Wildman–Crippen MR) is 67.0 cm³/mol. The summed E-state index contributed by atoms with van der Waals surface area (Å²) in [6.07, 6.45) is 15.5. The SMILES string of the molecule is C/C=C/C=C/C(=O)CCCCCCCC. The third-order valence-corrected chi connectivity index (χ3v) is 2.36. The van der Waals surface area contributed by atoms with Crippen molar-refractivity contribution in [1.29, 1.82) is 0 Å². The number of hydrogen-bond donors (Lipinski definition) is 0. The number of rotatable bonds is 9. The summed E-state index contributed by atoms with van der Waals surface area (Å²) in [6, 6.07) is 0. The Kier molecular flexibility index (Phi) is 10.6. The van der Waals surface area contributed by atoms with E-state index in [1.54, 1.807) is 6.08 Å². The first kappa shape index (κ1) is 14.2. The molecular formula is C14H24O. The quantitative estimate of drug-likeness (QED) is 0.311. The zero-order chi connectivity index (χ0) is 11.4. The second-order valence-electron chi connectivity index (χ2n) is 3.87. The number of allylic oxidation sites excluding steroid dienone is 4. The summed E-state index contributed by atoms with van der Waals surface area (Å²) < 4.78 is 0. The largest absolute Gasteiger partial charge is 0.295 e. The average Bonchev–Trinajstić information content (AvgIpc) is 2.23. The molecule has 86 valence electrons. The number of hydrogen-bond acceptors (Lipinski definition) is 1. The molecule has 0 amide bonds. The van der Waals surface area contributed by atoms with Gasteiger partial charge in [-0.25, -0.2) is 0 Å². The third kappa shape index (κ3) is 11.1. The van der Waals surface area contributed by atoms with Crippen molar-refractivity contribution < 1.29 is 4.79 Å². The Balaban J connectivity index is 3.31. The van der Waals surface area contributed by atoms with Crippen molar-refractivity contribution in [3.63, 3.8) is 0 Å². The van der Waals surface area contributed by atoms with Crippen molar-refractivity contribution >= 4 is 5.78 Å². The molecule has 1 heteroatoms. The van der Waals surface area contributed by atoms with Crippen LogP contribution in [0.5, 0.6) is 0 Å². The highest BCUT2D eigenvalue weighted by atomic mass is 16.1. The summed E-state index contributed by atoms with van der Waals surface area (Å²) in [5.41, 5.74) is 0. The minimum Gasteiger partial charge on any atom is -0.295 e. The van der Waals surface area contributed by atoms with Crippen molar-refractivity contribution in [2.24, 2.45) is 0 Å². The lowest BCUT2D eigenvalue weighted by Crippen LogP contribution is -1.91. The Hall–Kier alpha value is -0.850. The second-order valence-corrected chi connectivity index (χ2v) is 3.87. The second kappa shape index (κ2) is 11.2. The van der Waals surface area contributed by atoms with Crippen LogP contribution in [0.2, 0.25) is 0 Å². The lowest BCUT2D eigenvalue weighted by Gasteiger charge is -1.98. The average molecular weight is 208 g/mol. The Labute approximate surface area is 94.3 Å². The first-order chi connectivity index (χ1) is 7.31.